The molecule has 2 aliphatic rings. The van der Waals surface area contributed by atoms with Crippen LogP contribution in [0.4, 0.5) is 0 Å². The van der Waals surface area contributed by atoms with Gasteiger partial charge in [-0.1, -0.05) is 18.2 Å². The van der Waals surface area contributed by atoms with Gasteiger partial charge in [0, 0.05) is 37.0 Å². The zero-order valence-corrected chi connectivity index (χ0v) is 14.7. The summed E-state index contributed by atoms with van der Waals surface area (Å²) in [7, 11) is 0. The molecular formula is C20H22N6. The molecule has 0 unspecified atom stereocenters. The highest BCUT2D eigenvalue weighted by molar-refractivity contribution is 5.44. The molecule has 3 heterocycles. The Hall–Kier alpha value is -2.60. The number of nitrogens with zero attached hydrogens (tertiary/aromatic N) is 5. The minimum Gasteiger partial charge on any atom is -0.306 e. The molecule has 0 amide bonds. The average molecular weight is 346 g/mol. The van der Waals surface area contributed by atoms with Crippen LogP contribution in [0.3, 0.4) is 0 Å². The van der Waals surface area contributed by atoms with Crippen molar-refractivity contribution < 1.29 is 0 Å². The summed E-state index contributed by atoms with van der Waals surface area (Å²) < 4.78 is 2.29. The summed E-state index contributed by atoms with van der Waals surface area (Å²) >= 11 is 0. The molecule has 1 aliphatic heterocycles. The third-order valence-corrected chi connectivity index (χ3v) is 5.68. The Morgan fingerprint density at radius 2 is 1.77 bits per heavy atom. The Kier molecular flexibility index (Phi) is 3.97. The summed E-state index contributed by atoms with van der Waals surface area (Å²) in [5, 5.41) is 12.6. The molecule has 1 aromatic carbocycles. The Bertz CT molecular complexity index is 896. The highest BCUT2D eigenvalue weighted by Gasteiger charge is 2.30. The Balaban J connectivity index is 1.43. The number of benzene rings is 1. The number of rotatable bonds is 2. The van der Waals surface area contributed by atoms with E-state index in [2.05, 4.69) is 54.3 Å². The Morgan fingerprint density at radius 1 is 0.923 bits per heavy atom. The predicted octanol–water partition coefficient (Wildman–Crippen LogP) is 3.10. The van der Waals surface area contributed by atoms with Crippen LogP contribution < -0.4 is 5.32 Å². The van der Waals surface area contributed by atoms with Crippen LogP contribution in [-0.2, 0) is 13.1 Å². The molecule has 0 saturated heterocycles. The van der Waals surface area contributed by atoms with Crippen molar-refractivity contribution in [2.45, 2.75) is 50.6 Å². The molecular weight excluding hydrogens is 324 g/mol. The van der Waals surface area contributed by atoms with E-state index in [9.17, 15) is 0 Å². The van der Waals surface area contributed by atoms with E-state index < -0.39 is 0 Å². The molecule has 6 nitrogen and oxygen atoms in total. The third-order valence-electron chi connectivity index (χ3n) is 5.68. The van der Waals surface area contributed by atoms with Crippen LogP contribution in [-0.4, -0.2) is 24.7 Å². The monoisotopic (exact) mass is 346 g/mol. The van der Waals surface area contributed by atoms with Gasteiger partial charge in [0.05, 0.1) is 17.9 Å². The highest BCUT2D eigenvalue weighted by atomic mass is 15.3. The molecule has 0 spiro atoms. The molecule has 2 aromatic heterocycles. The van der Waals surface area contributed by atoms with Crippen LogP contribution in [0.2, 0.25) is 0 Å². The van der Waals surface area contributed by atoms with E-state index in [4.69, 9.17) is 0 Å². The maximum absolute atomic E-state index is 4.60. The quantitative estimate of drug-likeness (QED) is 0.772. The van der Waals surface area contributed by atoms with Gasteiger partial charge in [-0.25, -0.2) is 0 Å². The van der Waals surface area contributed by atoms with Crippen molar-refractivity contribution in [2.24, 2.45) is 0 Å². The predicted molar refractivity (Wildman–Crippen MR) is 97.9 cm³/mol. The van der Waals surface area contributed by atoms with E-state index in [1.54, 1.807) is 12.4 Å². The smallest absolute Gasteiger partial charge is 0.151 e. The Labute approximate surface area is 152 Å². The summed E-state index contributed by atoms with van der Waals surface area (Å²) in [6, 6.07) is 8.57. The van der Waals surface area contributed by atoms with E-state index in [-0.39, 0.29) is 0 Å². The van der Waals surface area contributed by atoms with Crippen molar-refractivity contribution in [3.8, 4) is 5.69 Å². The first-order chi connectivity index (χ1) is 12.9. The van der Waals surface area contributed by atoms with Crippen molar-refractivity contribution in [3.05, 3.63) is 65.8 Å². The van der Waals surface area contributed by atoms with Gasteiger partial charge in [0.25, 0.3) is 0 Å². The van der Waals surface area contributed by atoms with Crippen LogP contribution >= 0.6 is 0 Å². The summed E-state index contributed by atoms with van der Waals surface area (Å²) in [5.41, 5.74) is 3.66. The lowest BCUT2D eigenvalue weighted by atomic mass is 9.80. The first-order valence-electron chi connectivity index (χ1n) is 9.39. The van der Waals surface area contributed by atoms with E-state index in [1.165, 1.54) is 11.3 Å². The molecule has 5 rings (SSSR count). The topological polar surface area (TPSA) is 68.5 Å². The first-order valence-corrected chi connectivity index (χ1v) is 9.39. The number of fused-ring (bicyclic) bond motifs is 3. The van der Waals surface area contributed by atoms with Gasteiger partial charge in [-0.15, -0.1) is 10.2 Å². The molecule has 3 aromatic rings. The second-order valence-corrected chi connectivity index (χ2v) is 7.22. The maximum Gasteiger partial charge on any atom is 0.151 e. The normalized spacial score (nSPS) is 22.3. The minimum atomic E-state index is 0.454. The number of para-hydroxylation sites is 1. The van der Waals surface area contributed by atoms with E-state index >= 15 is 0 Å². The third kappa shape index (κ3) is 2.70. The fourth-order valence-corrected chi connectivity index (χ4v) is 4.33. The van der Waals surface area contributed by atoms with Crippen LogP contribution in [0.1, 0.15) is 60.4 Å². The lowest BCUT2D eigenvalue weighted by Crippen LogP contribution is -2.17. The van der Waals surface area contributed by atoms with E-state index in [1.807, 2.05) is 6.20 Å². The van der Waals surface area contributed by atoms with Crippen molar-refractivity contribution in [3.63, 3.8) is 0 Å². The summed E-state index contributed by atoms with van der Waals surface area (Å²) in [4.78, 5) is 8.72. The second-order valence-electron chi connectivity index (χ2n) is 7.22. The molecule has 0 radical (unpaired) electrons. The molecule has 1 fully saturated rings. The van der Waals surface area contributed by atoms with Crippen LogP contribution in [0.15, 0.2) is 42.9 Å². The van der Waals surface area contributed by atoms with E-state index in [0.29, 0.717) is 11.8 Å². The van der Waals surface area contributed by atoms with Gasteiger partial charge in [0.1, 0.15) is 5.82 Å². The standard InChI is InChI=1S/C20H22N6/c1-2-4-18-16(3-1)11-22-13-19-24-25-20(26(18)19)15-7-5-14(6-8-15)17-12-21-9-10-23-17/h1-4,9-10,12,14-15,22H,5-8,11,13H2. The number of nitrogens with one attached hydrogen (secondary N) is 1. The molecule has 132 valence electrons. The Morgan fingerprint density at radius 3 is 2.62 bits per heavy atom. The van der Waals surface area contributed by atoms with Crippen LogP contribution in [0.25, 0.3) is 5.69 Å². The molecule has 6 heteroatoms. The first kappa shape index (κ1) is 15.6. The largest absolute Gasteiger partial charge is 0.306 e. The summed E-state index contributed by atoms with van der Waals surface area (Å²) in [5.74, 6) is 3.10. The minimum absolute atomic E-state index is 0.454. The van der Waals surface area contributed by atoms with Crippen molar-refractivity contribution in [2.75, 3.05) is 0 Å². The lowest BCUT2D eigenvalue weighted by molar-refractivity contribution is 0.377. The SMILES string of the molecule is c1ccc2c(c1)CNCc1nnc(C3CCC(c4cnccn4)CC3)n1-2. The molecule has 1 aliphatic carbocycles. The summed E-state index contributed by atoms with van der Waals surface area (Å²) in [6.07, 6.45) is 9.95. The maximum atomic E-state index is 4.60. The van der Waals surface area contributed by atoms with Crippen molar-refractivity contribution in [1.29, 1.82) is 0 Å². The van der Waals surface area contributed by atoms with Gasteiger partial charge >= 0.3 is 0 Å². The molecule has 0 bridgehead atoms. The fourth-order valence-electron chi connectivity index (χ4n) is 4.33. The van der Waals surface area contributed by atoms with Gasteiger partial charge in [-0.3, -0.25) is 14.5 Å². The lowest BCUT2D eigenvalue weighted by Gasteiger charge is -2.28. The molecule has 0 atom stereocenters. The number of aromatic nitrogens is 5. The van der Waals surface area contributed by atoms with E-state index in [0.717, 1.165) is 56.1 Å². The molecule has 1 N–H and O–H groups in total. The molecule has 1 saturated carbocycles. The van der Waals surface area contributed by atoms with Crippen molar-refractivity contribution in [1.82, 2.24) is 30.0 Å². The van der Waals surface area contributed by atoms with Crippen LogP contribution in [0.5, 0.6) is 0 Å². The number of hydrogen-bond acceptors (Lipinski definition) is 5. The molecule has 26 heavy (non-hydrogen) atoms. The van der Waals surface area contributed by atoms with Gasteiger partial charge in [0.15, 0.2) is 5.82 Å². The van der Waals surface area contributed by atoms with Gasteiger partial charge < -0.3 is 5.32 Å². The zero-order chi connectivity index (χ0) is 17.3. The highest BCUT2D eigenvalue weighted by Crippen LogP contribution is 2.40. The average Bonchev–Trinajstić information content (AvgIpc) is 3.04. The van der Waals surface area contributed by atoms with Gasteiger partial charge in [-0.05, 0) is 37.3 Å². The zero-order valence-electron chi connectivity index (χ0n) is 14.7. The van der Waals surface area contributed by atoms with Crippen LogP contribution in [0, 0.1) is 0 Å². The van der Waals surface area contributed by atoms with Gasteiger partial charge in [-0.2, -0.15) is 0 Å². The van der Waals surface area contributed by atoms with Crippen molar-refractivity contribution >= 4 is 0 Å². The van der Waals surface area contributed by atoms with Gasteiger partial charge in [0.2, 0.25) is 0 Å². The summed E-state index contributed by atoms with van der Waals surface area (Å²) in [6.45, 7) is 1.63. The second kappa shape index (κ2) is 6.61. The number of hydrogen-bond donors (Lipinski definition) is 1. The fraction of sp³-hybridized carbons (Fsp3) is 0.400.